The van der Waals surface area contributed by atoms with Crippen molar-refractivity contribution in [2.45, 2.75) is 24.7 Å². The summed E-state index contributed by atoms with van der Waals surface area (Å²) >= 11 is 0. The average molecular weight is 630 g/mol. The van der Waals surface area contributed by atoms with Gasteiger partial charge in [0.2, 0.25) is 11.5 Å². The van der Waals surface area contributed by atoms with E-state index in [9.17, 15) is 70.2 Å². The van der Waals surface area contributed by atoms with Crippen LogP contribution >= 0.6 is 0 Å². The van der Waals surface area contributed by atoms with Gasteiger partial charge in [0.15, 0.2) is 40.2 Å². The van der Waals surface area contributed by atoms with Gasteiger partial charge in [-0.1, -0.05) is 0 Å². The minimum atomic E-state index is -1.71. The maximum absolute atomic E-state index is 12.9. The number of rotatable bonds is 7. The fourth-order valence-electron chi connectivity index (χ4n) is 4.02. The van der Waals surface area contributed by atoms with Crippen molar-refractivity contribution >= 4 is 23.9 Å². The number of phenolic OH excluding ortho intramolecular Hbond substituents is 7. The summed E-state index contributed by atoms with van der Waals surface area (Å²) in [4.78, 5) is 49.4. The Hall–Kier alpha value is -6.20. The van der Waals surface area contributed by atoms with Crippen LogP contribution in [0.2, 0.25) is 0 Å². The molecule has 0 aromatic heterocycles. The van der Waals surface area contributed by atoms with Crippen molar-refractivity contribution in [1.29, 1.82) is 0 Å². The predicted molar refractivity (Wildman–Crippen MR) is 142 cm³/mol. The molecule has 10 N–H and O–H groups in total. The van der Waals surface area contributed by atoms with Crippen LogP contribution in [-0.2, 0) is 9.53 Å². The molecule has 0 amide bonds. The van der Waals surface area contributed by atoms with Gasteiger partial charge in [-0.2, -0.15) is 0 Å². The van der Waals surface area contributed by atoms with Gasteiger partial charge in [0, 0.05) is 12.0 Å². The first-order valence-corrected chi connectivity index (χ1v) is 12.4. The minimum absolute atomic E-state index is 0.352. The maximum atomic E-state index is 12.9. The number of carboxylic acids is 1. The summed E-state index contributed by atoms with van der Waals surface area (Å²) in [5, 5.41) is 98.3. The third-order valence-electron chi connectivity index (χ3n) is 6.35. The highest BCUT2D eigenvalue weighted by molar-refractivity contribution is 5.96. The molecule has 1 aliphatic rings. The Morgan fingerprint density at radius 2 is 1.00 bits per heavy atom. The molecule has 0 bridgehead atoms. The molecule has 3 atom stereocenters. The Morgan fingerprint density at radius 1 is 0.600 bits per heavy atom. The Morgan fingerprint density at radius 3 is 1.44 bits per heavy atom. The molecule has 17 nitrogen and oxygen atoms in total. The van der Waals surface area contributed by atoms with E-state index in [1.54, 1.807) is 0 Å². The Balaban J connectivity index is 1.56. The van der Waals surface area contributed by atoms with E-state index < -0.39 is 117 Å². The number of phenols is 7. The van der Waals surface area contributed by atoms with E-state index >= 15 is 0 Å². The Labute approximate surface area is 249 Å². The van der Waals surface area contributed by atoms with Gasteiger partial charge in [-0.3, -0.25) is 0 Å². The van der Waals surface area contributed by atoms with Crippen LogP contribution in [0, 0.1) is 0 Å². The molecule has 3 aromatic carbocycles. The zero-order valence-electron chi connectivity index (χ0n) is 22.3. The van der Waals surface area contributed by atoms with Crippen LogP contribution in [0.5, 0.6) is 51.7 Å². The van der Waals surface area contributed by atoms with Crippen molar-refractivity contribution in [3.63, 3.8) is 0 Å². The van der Waals surface area contributed by atoms with E-state index in [0.717, 1.165) is 12.1 Å². The molecular weight excluding hydrogens is 608 g/mol. The lowest BCUT2D eigenvalue weighted by Gasteiger charge is -2.29. The third-order valence-corrected chi connectivity index (χ3v) is 6.35. The number of aliphatic hydroxyl groups excluding tert-OH is 2. The number of carboxylic acid groups (broad SMARTS) is 1. The summed E-state index contributed by atoms with van der Waals surface area (Å²) in [6, 6.07) is 4.19. The molecule has 1 aliphatic carbocycles. The molecule has 4 rings (SSSR count). The monoisotopic (exact) mass is 630 g/mol. The zero-order valence-corrected chi connectivity index (χ0v) is 22.3. The van der Waals surface area contributed by atoms with Crippen LogP contribution in [0.25, 0.3) is 0 Å². The van der Waals surface area contributed by atoms with Crippen molar-refractivity contribution in [2.24, 2.45) is 0 Å². The second-order valence-corrected chi connectivity index (χ2v) is 9.45. The molecule has 0 radical (unpaired) electrons. The van der Waals surface area contributed by atoms with E-state index in [4.69, 9.17) is 14.2 Å². The number of aliphatic carboxylic acids is 1. The molecule has 0 unspecified atom stereocenters. The number of benzene rings is 3. The molecule has 45 heavy (non-hydrogen) atoms. The number of hydrogen-bond acceptors (Lipinski definition) is 16. The molecule has 17 heteroatoms. The SMILES string of the molecule is O=C(O)C1=C[C@@H](O)[C@H](O)[C@H](OC(=O)c2cc(O)c(O)c(OC(=O)c3cc(O)c(O)c(OC(=O)c4cc(O)c(O)c(O)c4)c3)c2)C1. The quantitative estimate of drug-likeness (QED) is 0.0977. The number of esters is 3. The topological polar surface area (TPSA) is 298 Å². The number of carbonyl (C=O) groups excluding carboxylic acids is 3. The fraction of sp³-hybridized carbons (Fsp3) is 0.143. The zero-order chi connectivity index (χ0) is 33.3. The summed E-state index contributed by atoms with van der Waals surface area (Å²) in [6.07, 6.45) is -4.55. The van der Waals surface area contributed by atoms with Crippen LogP contribution in [0.1, 0.15) is 37.5 Å². The Kier molecular flexibility index (Phi) is 8.60. The van der Waals surface area contributed by atoms with Crippen molar-refractivity contribution in [3.05, 3.63) is 64.7 Å². The normalized spacial score (nSPS) is 17.6. The molecule has 0 fully saturated rings. The second-order valence-electron chi connectivity index (χ2n) is 9.45. The maximum Gasteiger partial charge on any atom is 0.343 e. The first kappa shape index (κ1) is 31.7. The number of carbonyl (C=O) groups is 4. The highest BCUT2D eigenvalue weighted by atomic mass is 16.6. The third kappa shape index (κ3) is 6.58. The summed E-state index contributed by atoms with van der Waals surface area (Å²) in [5.41, 5.74) is -2.06. The largest absolute Gasteiger partial charge is 0.504 e. The van der Waals surface area contributed by atoms with Crippen molar-refractivity contribution in [1.82, 2.24) is 0 Å². The fourth-order valence-corrected chi connectivity index (χ4v) is 4.02. The van der Waals surface area contributed by atoms with Crippen LogP contribution in [0.4, 0.5) is 0 Å². The second kappa shape index (κ2) is 12.2. The highest BCUT2D eigenvalue weighted by Crippen LogP contribution is 2.41. The smallest absolute Gasteiger partial charge is 0.343 e. The number of ether oxygens (including phenoxy) is 3. The van der Waals surface area contributed by atoms with E-state index in [0.29, 0.717) is 30.3 Å². The molecule has 3 aromatic rings. The molecule has 0 aliphatic heterocycles. The summed E-state index contributed by atoms with van der Waals surface area (Å²) in [7, 11) is 0. The van der Waals surface area contributed by atoms with Gasteiger partial charge in [-0.15, -0.1) is 0 Å². The van der Waals surface area contributed by atoms with Crippen molar-refractivity contribution in [2.75, 3.05) is 0 Å². The molecular formula is C28H22O17. The summed E-state index contributed by atoms with van der Waals surface area (Å²) < 4.78 is 15.0. The number of hydrogen-bond donors (Lipinski definition) is 10. The molecule has 0 saturated heterocycles. The van der Waals surface area contributed by atoms with Gasteiger partial charge in [0.1, 0.15) is 18.3 Å². The van der Waals surface area contributed by atoms with Gasteiger partial charge in [-0.25, -0.2) is 19.2 Å². The lowest BCUT2D eigenvalue weighted by atomic mass is 9.92. The van der Waals surface area contributed by atoms with E-state index in [1.165, 1.54) is 0 Å². The Bertz CT molecular complexity index is 1740. The van der Waals surface area contributed by atoms with Gasteiger partial charge in [0.05, 0.1) is 16.7 Å². The van der Waals surface area contributed by atoms with Crippen LogP contribution in [0.15, 0.2) is 48.0 Å². The van der Waals surface area contributed by atoms with Gasteiger partial charge in [-0.05, 0) is 42.5 Å². The molecule has 0 saturated carbocycles. The van der Waals surface area contributed by atoms with E-state index in [1.807, 2.05) is 0 Å². The average Bonchev–Trinajstić information content (AvgIpc) is 2.97. The van der Waals surface area contributed by atoms with Crippen molar-refractivity contribution in [3.8, 4) is 51.7 Å². The molecule has 0 spiro atoms. The van der Waals surface area contributed by atoms with E-state index in [2.05, 4.69) is 0 Å². The van der Waals surface area contributed by atoms with Crippen LogP contribution in [0.3, 0.4) is 0 Å². The van der Waals surface area contributed by atoms with Gasteiger partial charge < -0.3 is 65.3 Å². The van der Waals surface area contributed by atoms with E-state index in [-0.39, 0.29) is 5.57 Å². The van der Waals surface area contributed by atoms with Gasteiger partial charge >= 0.3 is 23.9 Å². The molecule has 236 valence electrons. The predicted octanol–water partition coefficient (Wildman–Crippen LogP) is 0.726. The first-order valence-electron chi connectivity index (χ1n) is 12.4. The first-order chi connectivity index (χ1) is 21.1. The van der Waals surface area contributed by atoms with Crippen LogP contribution in [-0.4, -0.2) is 93.3 Å². The van der Waals surface area contributed by atoms with Crippen molar-refractivity contribution < 1.29 is 84.5 Å². The highest BCUT2D eigenvalue weighted by Gasteiger charge is 2.36. The lowest BCUT2D eigenvalue weighted by Crippen LogP contribution is -2.43. The van der Waals surface area contributed by atoms with Crippen LogP contribution < -0.4 is 9.47 Å². The number of aliphatic hydroxyl groups is 2. The molecule has 0 heterocycles. The minimum Gasteiger partial charge on any atom is -0.504 e. The summed E-state index contributed by atoms with van der Waals surface area (Å²) in [5.74, 6) is -14.0. The van der Waals surface area contributed by atoms with Gasteiger partial charge in [0.25, 0.3) is 0 Å². The lowest BCUT2D eigenvalue weighted by molar-refractivity contribution is -0.134. The summed E-state index contributed by atoms with van der Waals surface area (Å²) in [6.45, 7) is 0. The standard InChI is InChI=1S/C28H22O17/c29-13-2-10(3-14(30)21(13)34)26(40)44-19-7-12(5-16(32)23(19)36)28(42)45-20-8-11(4-17(33)24(20)37)27(41)43-18-6-9(25(38)39)1-15(31)22(18)35/h1-5,7-8,15,18,22,29-37H,6H2,(H,38,39)/t15-,18-,22+/m1/s1. The number of aromatic hydroxyl groups is 7.